The van der Waals surface area contributed by atoms with Crippen LogP contribution >= 0.6 is 27.3 Å². The van der Waals surface area contributed by atoms with E-state index in [-0.39, 0.29) is 6.04 Å². The molecule has 1 nitrogen and oxygen atoms in total. The van der Waals surface area contributed by atoms with E-state index in [1.807, 2.05) is 0 Å². The van der Waals surface area contributed by atoms with Crippen molar-refractivity contribution in [2.75, 3.05) is 0 Å². The lowest BCUT2D eigenvalue weighted by Gasteiger charge is -2.10. The lowest BCUT2D eigenvalue weighted by molar-refractivity contribution is 0.541. The molecule has 0 bridgehead atoms. The molecule has 1 unspecified atom stereocenters. The van der Waals surface area contributed by atoms with Crippen LogP contribution in [0.15, 0.2) is 15.2 Å². The summed E-state index contributed by atoms with van der Waals surface area (Å²) in [5.41, 5.74) is 7.46. The van der Waals surface area contributed by atoms with Crippen molar-refractivity contribution >= 4 is 27.3 Å². The second-order valence-corrected chi connectivity index (χ2v) is 6.29. The Morgan fingerprint density at radius 1 is 1.12 bits per heavy atom. The fourth-order valence-electron chi connectivity index (χ4n) is 2.03. The van der Waals surface area contributed by atoms with Crippen LogP contribution in [-0.2, 0) is 0 Å². The van der Waals surface area contributed by atoms with Gasteiger partial charge in [-0.05, 0) is 33.3 Å². The highest BCUT2D eigenvalue weighted by Gasteiger charge is 2.09. The minimum absolute atomic E-state index is 0.214. The fraction of sp³-hybridized carbons (Fsp3) is 0.714. The van der Waals surface area contributed by atoms with Crippen LogP contribution in [0, 0.1) is 0 Å². The van der Waals surface area contributed by atoms with Crippen LogP contribution in [0.4, 0.5) is 0 Å². The summed E-state index contributed by atoms with van der Waals surface area (Å²) in [5, 5.41) is 4.27. The second-order valence-electron chi connectivity index (χ2n) is 4.69. The molecule has 0 amide bonds. The van der Waals surface area contributed by atoms with Crippen molar-refractivity contribution in [3.8, 4) is 0 Å². The van der Waals surface area contributed by atoms with Gasteiger partial charge >= 0.3 is 0 Å². The molecule has 0 fully saturated rings. The predicted molar refractivity (Wildman–Crippen MR) is 81.6 cm³/mol. The van der Waals surface area contributed by atoms with Crippen molar-refractivity contribution in [2.24, 2.45) is 5.73 Å². The molecule has 0 aliphatic heterocycles. The molecule has 2 N–H and O–H groups in total. The molecule has 1 rings (SSSR count). The van der Waals surface area contributed by atoms with Gasteiger partial charge in [0, 0.05) is 15.9 Å². The molecule has 0 radical (unpaired) electrons. The number of hydrogen-bond donors (Lipinski definition) is 1. The Kier molecular flexibility index (Phi) is 8.15. The Morgan fingerprint density at radius 2 is 1.76 bits per heavy atom. The summed E-state index contributed by atoms with van der Waals surface area (Å²) in [6, 6.07) is 0.214. The molecular formula is C14H24BrNS. The van der Waals surface area contributed by atoms with Crippen LogP contribution in [0.5, 0.6) is 0 Å². The van der Waals surface area contributed by atoms with E-state index >= 15 is 0 Å². The van der Waals surface area contributed by atoms with E-state index in [0.29, 0.717) is 0 Å². The first-order valence-corrected chi connectivity index (χ1v) is 8.46. The average molecular weight is 318 g/mol. The summed E-state index contributed by atoms with van der Waals surface area (Å²) in [7, 11) is 0. The minimum Gasteiger partial charge on any atom is -0.324 e. The highest BCUT2D eigenvalue weighted by molar-refractivity contribution is 9.10. The monoisotopic (exact) mass is 317 g/mol. The molecule has 3 heteroatoms. The molecule has 0 spiro atoms. The molecule has 0 aliphatic rings. The third-order valence-corrected chi connectivity index (χ3v) is 4.91. The lowest BCUT2D eigenvalue weighted by atomic mass is 10.0. The van der Waals surface area contributed by atoms with E-state index in [1.165, 1.54) is 55.0 Å². The first kappa shape index (κ1) is 15.2. The quantitative estimate of drug-likeness (QED) is 0.585. The van der Waals surface area contributed by atoms with E-state index in [2.05, 4.69) is 33.6 Å². The molecule has 0 saturated heterocycles. The highest BCUT2D eigenvalue weighted by Crippen LogP contribution is 2.28. The normalized spacial score (nSPS) is 12.9. The van der Waals surface area contributed by atoms with Crippen molar-refractivity contribution in [2.45, 2.75) is 64.3 Å². The summed E-state index contributed by atoms with van der Waals surface area (Å²) in [6.45, 7) is 2.26. The molecule has 17 heavy (non-hydrogen) atoms. The lowest BCUT2D eigenvalue weighted by Crippen LogP contribution is -2.09. The first-order chi connectivity index (χ1) is 8.25. The van der Waals surface area contributed by atoms with Gasteiger partial charge in [0.15, 0.2) is 0 Å². The maximum atomic E-state index is 6.18. The molecule has 0 aliphatic carbocycles. The van der Waals surface area contributed by atoms with Crippen LogP contribution in [0.2, 0.25) is 0 Å². The number of hydrogen-bond acceptors (Lipinski definition) is 2. The zero-order valence-electron chi connectivity index (χ0n) is 10.8. The van der Waals surface area contributed by atoms with Crippen molar-refractivity contribution in [1.29, 1.82) is 0 Å². The summed E-state index contributed by atoms with van der Waals surface area (Å²) >= 11 is 5.27. The van der Waals surface area contributed by atoms with Crippen LogP contribution in [0.1, 0.15) is 69.9 Å². The summed E-state index contributed by atoms with van der Waals surface area (Å²) in [6.07, 6.45) is 10.6. The standard InChI is InChI=1S/C14H24BrNS/c1-2-3-4-5-6-7-8-9-14(16)12-10-17-11-13(12)15/h10-11,14H,2-9,16H2,1H3. The largest absolute Gasteiger partial charge is 0.324 e. The Labute approximate surface area is 118 Å². The molecular weight excluding hydrogens is 294 g/mol. The summed E-state index contributed by atoms with van der Waals surface area (Å²) in [4.78, 5) is 0. The molecule has 98 valence electrons. The van der Waals surface area contributed by atoms with Gasteiger partial charge < -0.3 is 5.73 Å². The van der Waals surface area contributed by atoms with Gasteiger partial charge in [0.25, 0.3) is 0 Å². The smallest absolute Gasteiger partial charge is 0.0330 e. The molecule has 0 aromatic carbocycles. The number of thiophene rings is 1. The SMILES string of the molecule is CCCCCCCCCC(N)c1cscc1Br. The number of rotatable bonds is 9. The van der Waals surface area contributed by atoms with E-state index in [4.69, 9.17) is 5.73 Å². The van der Waals surface area contributed by atoms with Gasteiger partial charge in [-0.15, -0.1) is 0 Å². The minimum atomic E-state index is 0.214. The van der Waals surface area contributed by atoms with Gasteiger partial charge in [-0.2, -0.15) is 11.3 Å². The van der Waals surface area contributed by atoms with Crippen molar-refractivity contribution < 1.29 is 0 Å². The van der Waals surface area contributed by atoms with Crippen molar-refractivity contribution in [3.05, 3.63) is 20.8 Å². The average Bonchev–Trinajstić information content (AvgIpc) is 2.74. The Bertz CT molecular complexity index is 298. The van der Waals surface area contributed by atoms with Crippen molar-refractivity contribution in [3.63, 3.8) is 0 Å². The van der Waals surface area contributed by atoms with E-state index in [0.717, 1.165) is 6.42 Å². The van der Waals surface area contributed by atoms with Gasteiger partial charge in [0.05, 0.1) is 0 Å². The number of nitrogens with two attached hydrogens (primary N) is 1. The first-order valence-electron chi connectivity index (χ1n) is 6.73. The maximum absolute atomic E-state index is 6.18. The van der Waals surface area contributed by atoms with E-state index in [9.17, 15) is 0 Å². The van der Waals surface area contributed by atoms with E-state index in [1.54, 1.807) is 11.3 Å². The third kappa shape index (κ3) is 6.03. The number of halogens is 1. The molecule has 0 saturated carbocycles. The van der Waals surface area contributed by atoms with Crippen LogP contribution in [-0.4, -0.2) is 0 Å². The van der Waals surface area contributed by atoms with Gasteiger partial charge in [-0.25, -0.2) is 0 Å². The zero-order chi connectivity index (χ0) is 12.5. The van der Waals surface area contributed by atoms with Gasteiger partial charge in [-0.1, -0.05) is 51.9 Å². The molecule has 1 aromatic heterocycles. The van der Waals surface area contributed by atoms with Crippen LogP contribution in [0.25, 0.3) is 0 Å². The van der Waals surface area contributed by atoms with Crippen LogP contribution in [0.3, 0.4) is 0 Å². The highest BCUT2D eigenvalue weighted by atomic mass is 79.9. The number of unbranched alkanes of at least 4 members (excludes halogenated alkanes) is 6. The molecule has 1 atom stereocenters. The summed E-state index contributed by atoms with van der Waals surface area (Å²) in [5.74, 6) is 0. The topological polar surface area (TPSA) is 26.0 Å². The Hall–Kier alpha value is 0.140. The van der Waals surface area contributed by atoms with Gasteiger partial charge in [0.1, 0.15) is 0 Å². The van der Waals surface area contributed by atoms with Crippen LogP contribution < -0.4 is 5.73 Å². The molecule has 1 aromatic rings. The molecule has 1 heterocycles. The fourth-order valence-corrected chi connectivity index (χ4v) is 3.69. The van der Waals surface area contributed by atoms with Gasteiger partial charge in [0.2, 0.25) is 0 Å². The Morgan fingerprint density at radius 3 is 2.35 bits per heavy atom. The third-order valence-electron chi connectivity index (χ3n) is 3.16. The predicted octanol–water partition coefficient (Wildman–Crippen LogP) is 5.65. The Balaban J connectivity index is 2.05. The summed E-state index contributed by atoms with van der Waals surface area (Å²) < 4.78 is 1.18. The maximum Gasteiger partial charge on any atom is 0.0330 e. The zero-order valence-corrected chi connectivity index (χ0v) is 13.2. The van der Waals surface area contributed by atoms with Gasteiger partial charge in [-0.3, -0.25) is 0 Å². The van der Waals surface area contributed by atoms with Crippen molar-refractivity contribution in [1.82, 2.24) is 0 Å². The van der Waals surface area contributed by atoms with E-state index < -0.39 is 0 Å². The second kappa shape index (κ2) is 9.12.